The number of rotatable bonds is 5. The molecule has 2 aromatic carbocycles. The fourth-order valence-corrected chi connectivity index (χ4v) is 2.37. The summed E-state index contributed by atoms with van der Waals surface area (Å²) in [6, 6.07) is 14.5. The van der Waals surface area contributed by atoms with Crippen LogP contribution in [0.1, 0.15) is 16.7 Å². The number of carbonyl (C=O) groups is 1. The number of aliphatic carboxylic acids is 1. The lowest BCUT2D eigenvalue weighted by molar-refractivity contribution is -0.136. The number of carboxylic acids is 1. The molecule has 0 spiro atoms. The van der Waals surface area contributed by atoms with Crippen LogP contribution in [0.15, 0.2) is 46.9 Å². The topological polar surface area (TPSA) is 70.3 Å². The Morgan fingerprint density at radius 2 is 2.05 bits per heavy atom. The van der Waals surface area contributed by atoms with Crippen molar-refractivity contribution in [3.05, 3.63) is 63.6 Å². The lowest BCUT2D eigenvalue weighted by Gasteiger charge is -2.10. The van der Waals surface area contributed by atoms with Gasteiger partial charge in [0.2, 0.25) is 0 Å². The molecule has 0 aromatic heterocycles. The van der Waals surface area contributed by atoms with Gasteiger partial charge >= 0.3 is 5.97 Å². The molecule has 2 rings (SSSR count). The number of carboxylic acid groups (broad SMARTS) is 1. The van der Waals surface area contributed by atoms with Crippen molar-refractivity contribution in [3.63, 3.8) is 0 Å². The second-order valence-corrected chi connectivity index (χ2v) is 5.25. The standard InChI is InChI=1S/C16H12BrNO3/c17-14-7-11(5-6-13(14)9-18)10-21-15-4-2-1-3-12(15)8-16(19)20/h1-7H,8,10H2,(H,19,20). The smallest absolute Gasteiger partial charge is 0.307 e. The van der Waals surface area contributed by atoms with Gasteiger partial charge in [-0.25, -0.2) is 0 Å². The summed E-state index contributed by atoms with van der Waals surface area (Å²) in [5.74, 6) is -0.340. The molecule has 0 bridgehead atoms. The number of nitriles is 1. The van der Waals surface area contributed by atoms with Crippen LogP contribution in [-0.2, 0) is 17.8 Å². The molecular weight excluding hydrogens is 334 g/mol. The molecule has 0 atom stereocenters. The fourth-order valence-electron chi connectivity index (χ4n) is 1.85. The predicted octanol–water partition coefficient (Wildman–Crippen LogP) is 3.53. The van der Waals surface area contributed by atoms with Crippen LogP contribution < -0.4 is 4.74 Å². The van der Waals surface area contributed by atoms with Gasteiger partial charge in [0.05, 0.1) is 12.0 Å². The fraction of sp³-hybridized carbons (Fsp3) is 0.125. The first-order valence-electron chi connectivity index (χ1n) is 6.21. The Kier molecular flexibility index (Phi) is 4.96. The minimum atomic E-state index is -0.896. The average Bonchev–Trinajstić information content (AvgIpc) is 2.46. The molecule has 0 aliphatic rings. The largest absolute Gasteiger partial charge is 0.489 e. The van der Waals surface area contributed by atoms with Gasteiger partial charge < -0.3 is 9.84 Å². The van der Waals surface area contributed by atoms with E-state index in [4.69, 9.17) is 15.1 Å². The Morgan fingerprint density at radius 3 is 2.71 bits per heavy atom. The van der Waals surface area contributed by atoms with Crippen LogP contribution in [0.2, 0.25) is 0 Å². The van der Waals surface area contributed by atoms with Crippen molar-refractivity contribution in [2.75, 3.05) is 0 Å². The maximum absolute atomic E-state index is 10.8. The van der Waals surface area contributed by atoms with E-state index in [1.807, 2.05) is 12.1 Å². The lowest BCUT2D eigenvalue weighted by atomic mass is 10.1. The quantitative estimate of drug-likeness (QED) is 0.899. The van der Waals surface area contributed by atoms with Gasteiger partial charge in [-0.2, -0.15) is 5.26 Å². The van der Waals surface area contributed by atoms with E-state index in [9.17, 15) is 4.79 Å². The third-order valence-corrected chi connectivity index (χ3v) is 3.52. The average molecular weight is 346 g/mol. The predicted molar refractivity (Wildman–Crippen MR) is 81.0 cm³/mol. The van der Waals surface area contributed by atoms with Crippen molar-refractivity contribution >= 4 is 21.9 Å². The van der Waals surface area contributed by atoms with E-state index in [1.54, 1.807) is 30.3 Å². The summed E-state index contributed by atoms with van der Waals surface area (Å²) < 4.78 is 6.40. The summed E-state index contributed by atoms with van der Waals surface area (Å²) in [7, 11) is 0. The van der Waals surface area contributed by atoms with Crippen LogP contribution in [0.25, 0.3) is 0 Å². The molecule has 21 heavy (non-hydrogen) atoms. The van der Waals surface area contributed by atoms with Crippen molar-refractivity contribution in [1.82, 2.24) is 0 Å². The van der Waals surface area contributed by atoms with Gasteiger partial charge in [0.25, 0.3) is 0 Å². The molecule has 5 heteroatoms. The van der Waals surface area contributed by atoms with Gasteiger partial charge in [0.15, 0.2) is 0 Å². The molecular formula is C16H12BrNO3. The second-order valence-electron chi connectivity index (χ2n) is 4.39. The van der Waals surface area contributed by atoms with Gasteiger partial charge in [-0.1, -0.05) is 24.3 Å². The Morgan fingerprint density at radius 1 is 1.29 bits per heavy atom. The zero-order valence-corrected chi connectivity index (χ0v) is 12.6. The molecule has 0 aliphatic heterocycles. The van der Waals surface area contributed by atoms with Gasteiger partial charge in [0.1, 0.15) is 18.4 Å². The Hall–Kier alpha value is -2.32. The highest BCUT2D eigenvalue weighted by Crippen LogP contribution is 2.22. The van der Waals surface area contributed by atoms with Crippen molar-refractivity contribution < 1.29 is 14.6 Å². The van der Waals surface area contributed by atoms with Crippen molar-refractivity contribution in [3.8, 4) is 11.8 Å². The molecule has 2 aromatic rings. The van der Waals surface area contributed by atoms with E-state index < -0.39 is 5.97 Å². The monoisotopic (exact) mass is 345 g/mol. The van der Waals surface area contributed by atoms with Crippen molar-refractivity contribution in [1.29, 1.82) is 5.26 Å². The Labute approximate surface area is 130 Å². The number of benzene rings is 2. The number of halogens is 1. The highest BCUT2D eigenvalue weighted by atomic mass is 79.9. The first kappa shape index (κ1) is 15.1. The van der Waals surface area contributed by atoms with Crippen LogP contribution >= 0.6 is 15.9 Å². The van der Waals surface area contributed by atoms with Crippen LogP contribution in [-0.4, -0.2) is 11.1 Å². The molecule has 0 fully saturated rings. The molecule has 0 heterocycles. The zero-order valence-electron chi connectivity index (χ0n) is 11.0. The summed E-state index contributed by atoms with van der Waals surface area (Å²) in [6.07, 6.45) is -0.0762. The molecule has 4 nitrogen and oxygen atoms in total. The van der Waals surface area contributed by atoms with E-state index >= 15 is 0 Å². The SMILES string of the molecule is N#Cc1ccc(COc2ccccc2CC(=O)O)cc1Br. The van der Waals surface area contributed by atoms with E-state index in [-0.39, 0.29) is 6.42 Å². The van der Waals surface area contributed by atoms with E-state index in [2.05, 4.69) is 22.0 Å². The summed E-state index contributed by atoms with van der Waals surface area (Å²) >= 11 is 3.32. The first-order chi connectivity index (χ1) is 10.1. The van der Waals surface area contributed by atoms with Gasteiger partial charge in [-0.15, -0.1) is 0 Å². The number of hydrogen-bond acceptors (Lipinski definition) is 3. The minimum Gasteiger partial charge on any atom is -0.489 e. The Bertz CT molecular complexity index is 707. The molecule has 106 valence electrons. The van der Waals surface area contributed by atoms with Gasteiger partial charge in [-0.05, 0) is 39.7 Å². The van der Waals surface area contributed by atoms with Crippen molar-refractivity contribution in [2.24, 2.45) is 0 Å². The third-order valence-electron chi connectivity index (χ3n) is 2.86. The number of hydrogen-bond donors (Lipinski definition) is 1. The number of nitrogens with zero attached hydrogens (tertiary/aromatic N) is 1. The normalized spacial score (nSPS) is 9.90. The van der Waals surface area contributed by atoms with Crippen LogP contribution in [0.4, 0.5) is 0 Å². The maximum atomic E-state index is 10.8. The zero-order chi connectivity index (χ0) is 15.2. The number of para-hydroxylation sites is 1. The molecule has 0 saturated heterocycles. The molecule has 0 saturated carbocycles. The summed E-state index contributed by atoms with van der Waals surface area (Å²) in [5.41, 5.74) is 2.09. The van der Waals surface area contributed by atoms with Crippen LogP contribution in [0.3, 0.4) is 0 Å². The highest BCUT2D eigenvalue weighted by Gasteiger charge is 2.08. The highest BCUT2D eigenvalue weighted by molar-refractivity contribution is 9.10. The molecule has 0 amide bonds. The van der Waals surface area contributed by atoms with Gasteiger partial charge in [0, 0.05) is 10.0 Å². The third kappa shape index (κ3) is 4.07. The molecule has 0 unspecified atom stereocenters. The second kappa shape index (κ2) is 6.91. The van der Waals surface area contributed by atoms with Gasteiger partial charge in [-0.3, -0.25) is 4.79 Å². The molecule has 0 radical (unpaired) electrons. The van der Waals surface area contributed by atoms with E-state index in [0.717, 1.165) is 5.56 Å². The van der Waals surface area contributed by atoms with Crippen LogP contribution in [0, 0.1) is 11.3 Å². The first-order valence-corrected chi connectivity index (χ1v) is 7.00. The van der Waals surface area contributed by atoms with E-state index in [0.29, 0.717) is 28.0 Å². The molecule has 0 aliphatic carbocycles. The lowest BCUT2D eigenvalue weighted by Crippen LogP contribution is -2.04. The van der Waals surface area contributed by atoms with Crippen LogP contribution in [0.5, 0.6) is 5.75 Å². The maximum Gasteiger partial charge on any atom is 0.307 e. The summed E-state index contributed by atoms with van der Waals surface area (Å²) in [5, 5.41) is 17.7. The van der Waals surface area contributed by atoms with Crippen molar-refractivity contribution in [2.45, 2.75) is 13.0 Å². The molecule has 1 N–H and O–H groups in total. The Balaban J connectivity index is 2.11. The summed E-state index contributed by atoms with van der Waals surface area (Å²) in [6.45, 7) is 0.306. The minimum absolute atomic E-state index is 0.0762. The number of ether oxygens (including phenoxy) is 1. The summed E-state index contributed by atoms with van der Waals surface area (Å²) in [4.78, 5) is 10.8. The van der Waals surface area contributed by atoms with E-state index in [1.165, 1.54) is 0 Å².